The van der Waals surface area contributed by atoms with E-state index in [1.807, 2.05) is 13.2 Å². The molecule has 4 nitrogen and oxygen atoms in total. The second kappa shape index (κ2) is 3.35. The molecule has 3 rings (SSSR count). The third-order valence-corrected chi connectivity index (χ3v) is 2.87. The Morgan fingerprint density at radius 3 is 2.94 bits per heavy atom. The number of hydrogen-bond acceptors (Lipinski definition) is 2. The van der Waals surface area contributed by atoms with E-state index in [-0.39, 0.29) is 5.82 Å². The second-order valence-electron chi connectivity index (χ2n) is 3.96. The van der Waals surface area contributed by atoms with Crippen LogP contribution in [0.4, 0.5) is 10.1 Å². The minimum atomic E-state index is -0.260. The molecular weight excluding hydrogens is 219 g/mol. The molecule has 0 atom stereocenters. The number of halogens is 1. The van der Waals surface area contributed by atoms with Crippen LogP contribution in [0.3, 0.4) is 0 Å². The lowest BCUT2D eigenvalue weighted by molar-refractivity contribution is 0.629. The zero-order valence-electron chi connectivity index (χ0n) is 9.24. The second-order valence-corrected chi connectivity index (χ2v) is 3.96. The van der Waals surface area contributed by atoms with Crippen LogP contribution in [0.1, 0.15) is 0 Å². The number of nitrogen functional groups attached to an aromatic ring is 1. The maximum Gasteiger partial charge on any atom is 0.125 e. The zero-order valence-corrected chi connectivity index (χ0v) is 9.24. The van der Waals surface area contributed by atoms with Crippen LogP contribution in [0.15, 0.2) is 30.6 Å². The average molecular weight is 230 g/mol. The van der Waals surface area contributed by atoms with Crippen molar-refractivity contribution in [2.24, 2.45) is 7.05 Å². The molecule has 0 aliphatic heterocycles. The fourth-order valence-electron chi connectivity index (χ4n) is 2.08. The lowest BCUT2D eigenvalue weighted by Crippen LogP contribution is -1.95. The van der Waals surface area contributed by atoms with Crippen molar-refractivity contribution in [2.75, 3.05) is 5.73 Å². The summed E-state index contributed by atoms with van der Waals surface area (Å²) >= 11 is 0. The molecule has 0 radical (unpaired) electrons. The number of nitrogens with zero attached hydrogens (tertiary/aromatic N) is 2. The van der Waals surface area contributed by atoms with E-state index >= 15 is 0 Å². The fourth-order valence-corrected chi connectivity index (χ4v) is 2.08. The molecule has 0 saturated heterocycles. The molecule has 2 heterocycles. The van der Waals surface area contributed by atoms with Crippen molar-refractivity contribution in [3.63, 3.8) is 0 Å². The molecule has 0 spiro atoms. The molecule has 1 aromatic carbocycles. The SMILES string of the molecule is Cn1ncc(N)c1-c1c[nH]c2cc(F)ccc12. The van der Waals surface area contributed by atoms with Gasteiger partial charge >= 0.3 is 0 Å². The quantitative estimate of drug-likeness (QED) is 0.673. The van der Waals surface area contributed by atoms with Gasteiger partial charge in [0.1, 0.15) is 5.82 Å². The Bertz CT molecular complexity index is 676. The highest BCUT2D eigenvalue weighted by atomic mass is 19.1. The van der Waals surface area contributed by atoms with Crippen molar-refractivity contribution in [3.05, 3.63) is 36.4 Å². The van der Waals surface area contributed by atoms with Crippen LogP contribution in [0.5, 0.6) is 0 Å². The Labute approximate surface area is 96.9 Å². The normalized spacial score (nSPS) is 11.2. The molecule has 0 fully saturated rings. The smallest absolute Gasteiger partial charge is 0.125 e. The Hall–Kier alpha value is -2.30. The van der Waals surface area contributed by atoms with Crippen molar-refractivity contribution >= 4 is 16.6 Å². The monoisotopic (exact) mass is 230 g/mol. The zero-order chi connectivity index (χ0) is 12.0. The minimum Gasteiger partial charge on any atom is -0.396 e. The largest absolute Gasteiger partial charge is 0.396 e. The van der Waals surface area contributed by atoms with Gasteiger partial charge in [-0.3, -0.25) is 4.68 Å². The number of hydrogen-bond donors (Lipinski definition) is 2. The van der Waals surface area contributed by atoms with Gasteiger partial charge in [0.25, 0.3) is 0 Å². The van der Waals surface area contributed by atoms with Crippen molar-refractivity contribution in [1.82, 2.24) is 14.8 Å². The Balaban J connectivity index is 2.32. The van der Waals surface area contributed by atoms with Gasteiger partial charge < -0.3 is 10.7 Å². The predicted molar refractivity (Wildman–Crippen MR) is 64.9 cm³/mol. The first-order chi connectivity index (χ1) is 8.16. The predicted octanol–water partition coefficient (Wildman–Crippen LogP) is 2.29. The molecule has 5 heteroatoms. The number of aryl methyl sites for hydroxylation is 1. The first-order valence-electron chi connectivity index (χ1n) is 5.21. The van der Waals surface area contributed by atoms with Crippen LogP contribution >= 0.6 is 0 Å². The molecule has 0 unspecified atom stereocenters. The number of aromatic nitrogens is 3. The van der Waals surface area contributed by atoms with Gasteiger partial charge in [-0.2, -0.15) is 5.10 Å². The van der Waals surface area contributed by atoms with Crippen molar-refractivity contribution in [3.8, 4) is 11.3 Å². The van der Waals surface area contributed by atoms with Crippen LogP contribution < -0.4 is 5.73 Å². The van der Waals surface area contributed by atoms with Crippen LogP contribution in [-0.4, -0.2) is 14.8 Å². The van der Waals surface area contributed by atoms with Crippen molar-refractivity contribution < 1.29 is 4.39 Å². The summed E-state index contributed by atoms with van der Waals surface area (Å²) in [5, 5.41) is 5.03. The maximum absolute atomic E-state index is 13.1. The number of anilines is 1. The number of fused-ring (bicyclic) bond motifs is 1. The molecule has 0 saturated carbocycles. The third-order valence-electron chi connectivity index (χ3n) is 2.87. The van der Waals surface area contributed by atoms with Gasteiger partial charge in [0, 0.05) is 29.7 Å². The van der Waals surface area contributed by atoms with E-state index in [2.05, 4.69) is 10.1 Å². The Morgan fingerprint density at radius 2 is 2.24 bits per heavy atom. The molecule has 2 aromatic heterocycles. The van der Waals surface area contributed by atoms with Crippen LogP contribution in [-0.2, 0) is 7.05 Å². The molecule has 3 aromatic rings. The van der Waals surface area contributed by atoms with Crippen LogP contribution in [0.25, 0.3) is 22.2 Å². The molecule has 0 aliphatic rings. The van der Waals surface area contributed by atoms with E-state index in [9.17, 15) is 4.39 Å². The number of H-pyrrole nitrogens is 1. The minimum absolute atomic E-state index is 0.260. The van der Waals surface area contributed by atoms with Gasteiger partial charge in [-0.1, -0.05) is 0 Å². The first kappa shape index (κ1) is 9.89. The van der Waals surface area contributed by atoms with E-state index in [0.29, 0.717) is 5.69 Å². The van der Waals surface area contributed by atoms with E-state index < -0.39 is 0 Å². The average Bonchev–Trinajstić information content (AvgIpc) is 2.83. The summed E-state index contributed by atoms with van der Waals surface area (Å²) in [7, 11) is 1.83. The van der Waals surface area contributed by atoms with E-state index in [4.69, 9.17) is 5.73 Å². The number of nitrogens with two attached hydrogens (primary N) is 1. The molecule has 0 bridgehead atoms. The number of rotatable bonds is 1. The lowest BCUT2D eigenvalue weighted by Gasteiger charge is -2.01. The highest BCUT2D eigenvalue weighted by Gasteiger charge is 2.13. The number of nitrogens with one attached hydrogen (secondary N) is 1. The molecular formula is C12H11FN4. The summed E-state index contributed by atoms with van der Waals surface area (Å²) in [6.45, 7) is 0. The molecule has 86 valence electrons. The summed E-state index contributed by atoms with van der Waals surface area (Å²) in [6.07, 6.45) is 3.43. The van der Waals surface area contributed by atoms with E-state index in [1.54, 1.807) is 16.9 Å². The summed E-state index contributed by atoms with van der Waals surface area (Å²) in [5.41, 5.74) is 9.01. The summed E-state index contributed by atoms with van der Waals surface area (Å²) < 4.78 is 14.8. The molecule has 17 heavy (non-hydrogen) atoms. The lowest BCUT2D eigenvalue weighted by atomic mass is 10.1. The third kappa shape index (κ3) is 1.39. The Morgan fingerprint density at radius 1 is 1.41 bits per heavy atom. The number of aromatic amines is 1. The molecule has 3 N–H and O–H groups in total. The van der Waals surface area contributed by atoms with Crippen LogP contribution in [0, 0.1) is 5.82 Å². The van der Waals surface area contributed by atoms with Gasteiger partial charge in [-0.05, 0) is 18.2 Å². The molecule has 0 amide bonds. The summed E-state index contributed by atoms with van der Waals surface area (Å²) in [5.74, 6) is -0.260. The number of benzene rings is 1. The first-order valence-corrected chi connectivity index (χ1v) is 5.21. The highest BCUT2D eigenvalue weighted by molar-refractivity contribution is 5.97. The fraction of sp³-hybridized carbons (Fsp3) is 0.0833. The van der Waals surface area contributed by atoms with E-state index in [1.165, 1.54) is 12.1 Å². The highest BCUT2D eigenvalue weighted by Crippen LogP contribution is 2.31. The van der Waals surface area contributed by atoms with Gasteiger partial charge in [-0.15, -0.1) is 0 Å². The van der Waals surface area contributed by atoms with E-state index in [0.717, 1.165) is 22.2 Å². The van der Waals surface area contributed by atoms with Crippen molar-refractivity contribution in [2.45, 2.75) is 0 Å². The summed E-state index contributed by atoms with van der Waals surface area (Å²) in [6, 6.07) is 4.64. The van der Waals surface area contributed by atoms with Gasteiger partial charge in [0.2, 0.25) is 0 Å². The maximum atomic E-state index is 13.1. The standard InChI is InChI=1S/C12H11FN4/c1-17-12(10(14)6-16-17)9-5-15-11-4-7(13)2-3-8(9)11/h2-6,15H,14H2,1H3. The molecule has 0 aliphatic carbocycles. The van der Waals surface area contributed by atoms with Crippen LogP contribution in [0.2, 0.25) is 0 Å². The van der Waals surface area contributed by atoms with Gasteiger partial charge in [0.15, 0.2) is 0 Å². The van der Waals surface area contributed by atoms with Gasteiger partial charge in [-0.25, -0.2) is 4.39 Å². The topological polar surface area (TPSA) is 59.6 Å². The Kier molecular flexibility index (Phi) is 1.95. The van der Waals surface area contributed by atoms with Crippen molar-refractivity contribution in [1.29, 1.82) is 0 Å². The summed E-state index contributed by atoms with van der Waals surface area (Å²) in [4.78, 5) is 3.04. The van der Waals surface area contributed by atoms with Gasteiger partial charge in [0.05, 0.1) is 17.6 Å².